The molecule has 0 aromatic carbocycles. The molecule has 0 aliphatic rings. The molecule has 0 N–H and O–H groups in total. The molecule has 1 rings (SSSR count). The molecule has 0 atom stereocenters. The molecule has 1 aromatic rings. The van der Waals surface area contributed by atoms with Crippen molar-refractivity contribution in [2.75, 3.05) is 0 Å². The van der Waals surface area contributed by atoms with Gasteiger partial charge in [0.15, 0.2) is 0 Å². The molecule has 0 aliphatic heterocycles. The third kappa shape index (κ3) is 7.17. The van der Waals surface area contributed by atoms with Gasteiger partial charge in [0.25, 0.3) is 0 Å². The van der Waals surface area contributed by atoms with Crippen LogP contribution in [0, 0.1) is 0 Å². The lowest BCUT2D eigenvalue weighted by Crippen LogP contribution is -1.92. The summed E-state index contributed by atoms with van der Waals surface area (Å²) in [5, 5.41) is 0. The standard InChI is InChI=1S/C19H34O/c1-4-5-6-7-8-9-10-11-12-13-14-19-18(17(2)3)15-16-20-19/h15-17H,4-14H2,1-3H3. The van der Waals surface area contributed by atoms with Gasteiger partial charge in [0.2, 0.25) is 0 Å². The van der Waals surface area contributed by atoms with Gasteiger partial charge in [-0.25, -0.2) is 0 Å². The first-order valence-electron chi connectivity index (χ1n) is 8.82. The fourth-order valence-electron chi connectivity index (χ4n) is 2.84. The van der Waals surface area contributed by atoms with Crippen LogP contribution in [0.15, 0.2) is 16.7 Å². The highest BCUT2D eigenvalue weighted by atomic mass is 16.3. The highest BCUT2D eigenvalue weighted by molar-refractivity contribution is 5.20. The summed E-state index contributed by atoms with van der Waals surface area (Å²) >= 11 is 0. The Labute approximate surface area is 126 Å². The van der Waals surface area contributed by atoms with Crippen molar-refractivity contribution < 1.29 is 4.42 Å². The van der Waals surface area contributed by atoms with Crippen LogP contribution in [0.3, 0.4) is 0 Å². The van der Waals surface area contributed by atoms with Crippen LogP contribution in [0.1, 0.15) is 102 Å². The fraction of sp³-hybridized carbons (Fsp3) is 0.789. The molecule has 0 amide bonds. The minimum absolute atomic E-state index is 0.590. The van der Waals surface area contributed by atoms with E-state index in [2.05, 4.69) is 26.8 Å². The van der Waals surface area contributed by atoms with E-state index < -0.39 is 0 Å². The zero-order valence-electron chi connectivity index (χ0n) is 13.9. The molecule has 0 aliphatic carbocycles. The summed E-state index contributed by atoms with van der Waals surface area (Å²) in [6.45, 7) is 6.77. The van der Waals surface area contributed by atoms with Crippen molar-refractivity contribution in [3.05, 3.63) is 23.7 Å². The zero-order chi connectivity index (χ0) is 14.6. The Kier molecular flexibility index (Phi) is 9.53. The van der Waals surface area contributed by atoms with Crippen LogP contribution in [-0.2, 0) is 6.42 Å². The van der Waals surface area contributed by atoms with Crippen LogP contribution in [0.4, 0.5) is 0 Å². The summed E-state index contributed by atoms with van der Waals surface area (Å²) < 4.78 is 5.61. The lowest BCUT2D eigenvalue weighted by atomic mass is 10.0. The summed E-state index contributed by atoms with van der Waals surface area (Å²) in [5.41, 5.74) is 1.40. The van der Waals surface area contributed by atoms with Gasteiger partial charge in [0.05, 0.1) is 6.26 Å². The maximum absolute atomic E-state index is 5.61. The second-order valence-electron chi connectivity index (χ2n) is 6.39. The topological polar surface area (TPSA) is 13.1 Å². The van der Waals surface area contributed by atoms with Crippen molar-refractivity contribution in [1.29, 1.82) is 0 Å². The Hall–Kier alpha value is -0.720. The first kappa shape index (κ1) is 17.3. The van der Waals surface area contributed by atoms with E-state index >= 15 is 0 Å². The average Bonchev–Trinajstić information content (AvgIpc) is 2.89. The fourth-order valence-corrected chi connectivity index (χ4v) is 2.84. The summed E-state index contributed by atoms with van der Waals surface area (Å²) in [7, 11) is 0. The molecule has 0 spiro atoms. The van der Waals surface area contributed by atoms with Gasteiger partial charge in [-0.05, 0) is 24.0 Å². The molecule has 0 unspecified atom stereocenters. The second kappa shape index (κ2) is 11.0. The van der Waals surface area contributed by atoms with E-state index in [0.29, 0.717) is 5.92 Å². The maximum atomic E-state index is 5.61. The van der Waals surface area contributed by atoms with Crippen molar-refractivity contribution in [2.24, 2.45) is 0 Å². The smallest absolute Gasteiger partial charge is 0.107 e. The molecule has 116 valence electrons. The predicted octanol–water partition coefficient (Wildman–Crippen LogP) is 6.87. The molecule has 0 saturated carbocycles. The van der Waals surface area contributed by atoms with E-state index in [9.17, 15) is 0 Å². The van der Waals surface area contributed by atoms with Crippen LogP contribution >= 0.6 is 0 Å². The van der Waals surface area contributed by atoms with Gasteiger partial charge in [-0.2, -0.15) is 0 Å². The Morgan fingerprint density at radius 2 is 1.40 bits per heavy atom. The van der Waals surface area contributed by atoms with Gasteiger partial charge >= 0.3 is 0 Å². The van der Waals surface area contributed by atoms with Gasteiger partial charge < -0.3 is 4.42 Å². The van der Waals surface area contributed by atoms with Crippen molar-refractivity contribution in [3.8, 4) is 0 Å². The van der Waals surface area contributed by atoms with Crippen LogP contribution in [0.5, 0.6) is 0 Å². The lowest BCUT2D eigenvalue weighted by molar-refractivity contribution is 0.483. The van der Waals surface area contributed by atoms with Crippen molar-refractivity contribution >= 4 is 0 Å². The minimum Gasteiger partial charge on any atom is -0.469 e. The number of aryl methyl sites for hydroxylation is 1. The molecule has 0 fully saturated rings. The Morgan fingerprint density at radius 1 is 0.850 bits per heavy atom. The second-order valence-corrected chi connectivity index (χ2v) is 6.39. The van der Waals surface area contributed by atoms with E-state index in [0.717, 1.165) is 6.42 Å². The van der Waals surface area contributed by atoms with E-state index in [1.165, 1.54) is 75.5 Å². The average molecular weight is 278 g/mol. The highest BCUT2D eigenvalue weighted by Gasteiger charge is 2.08. The van der Waals surface area contributed by atoms with Crippen LogP contribution in [-0.4, -0.2) is 0 Å². The highest BCUT2D eigenvalue weighted by Crippen LogP contribution is 2.22. The Morgan fingerprint density at radius 3 is 1.95 bits per heavy atom. The molecule has 1 heteroatoms. The molecule has 20 heavy (non-hydrogen) atoms. The van der Waals surface area contributed by atoms with Gasteiger partial charge in [-0.3, -0.25) is 0 Å². The van der Waals surface area contributed by atoms with Crippen molar-refractivity contribution in [3.63, 3.8) is 0 Å². The molecule has 0 saturated heterocycles. The number of hydrogen-bond acceptors (Lipinski definition) is 1. The Balaban J connectivity index is 1.96. The molecular weight excluding hydrogens is 244 g/mol. The van der Waals surface area contributed by atoms with Crippen LogP contribution in [0.25, 0.3) is 0 Å². The summed E-state index contributed by atoms with van der Waals surface area (Å²) in [4.78, 5) is 0. The first-order valence-corrected chi connectivity index (χ1v) is 8.82. The molecule has 0 bridgehead atoms. The molecule has 1 aromatic heterocycles. The van der Waals surface area contributed by atoms with E-state index in [1.54, 1.807) is 0 Å². The summed E-state index contributed by atoms with van der Waals surface area (Å²) in [6, 6.07) is 2.14. The van der Waals surface area contributed by atoms with Crippen LogP contribution in [0.2, 0.25) is 0 Å². The van der Waals surface area contributed by atoms with Gasteiger partial charge in [-0.1, -0.05) is 78.6 Å². The zero-order valence-corrected chi connectivity index (χ0v) is 13.9. The monoisotopic (exact) mass is 278 g/mol. The van der Waals surface area contributed by atoms with E-state index in [4.69, 9.17) is 4.42 Å². The number of unbranched alkanes of at least 4 members (excludes halogenated alkanes) is 9. The molecule has 1 heterocycles. The first-order chi connectivity index (χ1) is 9.75. The molecule has 0 radical (unpaired) electrons. The predicted molar refractivity (Wildman–Crippen MR) is 88.3 cm³/mol. The normalized spacial score (nSPS) is 11.4. The van der Waals surface area contributed by atoms with Gasteiger partial charge in [-0.15, -0.1) is 0 Å². The third-order valence-electron chi connectivity index (χ3n) is 4.16. The third-order valence-corrected chi connectivity index (χ3v) is 4.16. The van der Waals surface area contributed by atoms with Crippen LogP contribution < -0.4 is 0 Å². The van der Waals surface area contributed by atoms with Gasteiger partial charge in [0, 0.05) is 6.42 Å². The van der Waals surface area contributed by atoms with Crippen molar-refractivity contribution in [2.45, 2.75) is 97.3 Å². The molecular formula is C19H34O. The quantitative estimate of drug-likeness (QED) is 0.380. The number of hydrogen-bond donors (Lipinski definition) is 0. The summed E-state index contributed by atoms with van der Waals surface area (Å²) in [5.74, 6) is 1.81. The molecule has 1 nitrogen and oxygen atoms in total. The summed E-state index contributed by atoms with van der Waals surface area (Å²) in [6.07, 6.45) is 16.9. The maximum Gasteiger partial charge on any atom is 0.107 e. The SMILES string of the molecule is CCCCCCCCCCCCc1occc1C(C)C. The lowest BCUT2D eigenvalue weighted by Gasteiger charge is -2.05. The largest absolute Gasteiger partial charge is 0.469 e. The van der Waals surface area contributed by atoms with Crippen molar-refractivity contribution in [1.82, 2.24) is 0 Å². The minimum atomic E-state index is 0.590. The number of rotatable bonds is 12. The Bertz CT molecular complexity index is 324. The number of furan rings is 1. The van der Waals surface area contributed by atoms with Gasteiger partial charge in [0.1, 0.15) is 5.76 Å². The van der Waals surface area contributed by atoms with E-state index in [-0.39, 0.29) is 0 Å². The van der Waals surface area contributed by atoms with E-state index in [1.807, 2.05) is 6.26 Å².